The lowest BCUT2D eigenvalue weighted by atomic mass is 9.90. The number of rotatable bonds is 4. The van der Waals surface area contributed by atoms with E-state index in [0.29, 0.717) is 0 Å². The van der Waals surface area contributed by atoms with Gasteiger partial charge in [0.15, 0.2) is 6.29 Å². The van der Waals surface area contributed by atoms with Gasteiger partial charge in [-0.25, -0.2) is 4.79 Å². The monoisotopic (exact) mass is 240 g/mol. The molecular formula is C11H12O6. The summed E-state index contributed by atoms with van der Waals surface area (Å²) in [6.45, 7) is 0. The number of hydrogen-bond donors (Lipinski definition) is 4. The molecule has 0 heterocycles. The second-order valence-electron chi connectivity index (χ2n) is 3.50. The topological polar surface area (TPSA) is 115 Å². The minimum atomic E-state index is -1.59. The van der Waals surface area contributed by atoms with Crippen molar-refractivity contribution < 1.29 is 30.0 Å². The molecular weight excluding hydrogens is 228 g/mol. The SMILES string of the molecule is O=C(O)C1=CC(=CCC(O)O)C(C(=O)O)C=C1. The molecule has 6 heteroatoms. The normalized spacial score (nSPS) is 21.7. The van der Waals surface area contributed by atoms with Crippen LogP contribution in [0, 0.1) is 5.92 Å². The maximum atomic E-state index is 10.9. The molecule has 92 valence electrons. The minimum absolute atomic E-state index is 0.0406. The summed E-state index contributed by atoms with van der Waals surface area (Å²) in [5.74, 6) is -3.25. The van der Waals surface area contributed by atoms with Crippen LogP contribution in [0.25, 0.3) is 0 Å². The molecule has 1 aliphatic rings. The van der Waals surface area contributed by atoms with Crippen LogP contribution in [0.2, 0.25) is 0 Å². The first-order chi connectivity index (χ1) is 7.91. The Morgan fingerprint density at radius 3 is 2.47 bits per heavy atom. The molecule has 0 radical (unpaired) electrons. The lowest BCUT2D eigenvalue weighted by Crippen LogP contribution is -2.17. The van der Waals surface area contributed by atoms with Gasteiger partial charge >= 0.3 is 11.9 Å². The van der Waals surface area contributed by atoms with Gasteiger partial charge in [-0.3, -0.25) is 4.79 Å². The third-order valence-electron chi connectivity index (χ3n) is 2.23. The lowest BCUT2D eigenvalue weighted by Gasteiger charge is -2.15. The first kappa shape index (κ1) is 13.1. The van der Waals surface area contributed by atoms with E-state index < -0.39 is 24.1 Å². The van der Waals surface area contributed by atoms with Crippen molar-refractivity contribution in [2.24, 2.45) is 5.92 Å². The Morgan fingerprint density at radius 2 is 2.00 bits per heavy atom. The van der Waals surface area contributed by atoms with Crippen LogP contribution in [0.1, 0.15) is 6.42 Å². The average molecular weight is 240 g/mol. The number of carboxylic acids is 2. The van der Waals surface area contributed by atoms with Gasteiger partial charge in [-0.15, -0.1) is 0 Å². The van der Waals surface area contributed by atoms with Crippen LogP contribution in [0.3, 0.4) is 0 Å². The Kier molecular flexibility index (Phi) is 4.19. The van der Waals surface area contributed by atoms with E-state index in [0.717, 1.165) is 0 Å². The summed E-state index contributed by atoms with van der Waals surface area (Å²) in [5, 5.41) is 35.1. The number of allylic oxidation sites excluding steroid dienone is 1. The van der Waals surface area contributed by atoms with Crippen molar-refractivity contribution in [2.75, 3.05) is 0 Å². The molecule has 0 fully saturated rings. The Hall–Kier alpha value is -1.92. The molecule has 1 aliphatic carbocycles. The number of aliphatic hydroxyl groups excluding tert-OH is 1. The highest BCUT2D eigenvalue weighted by atomic mass is 16.5. The number of aliphatic hydroxyl groups is 2. The predicted octanol–water partition coefficient (Wildman–Crippen LogP) is -0.105. The van der Waals surface area contributed by atoms with Crippen LogP contribution >= 0.6 is 0 Å². The number of aliphatic carboxylic acids is 2. The van der Waals surface area contributed by atoms with Crippen LogP contribution in [0.4, 0.5) is 0 Å². The van der Waals surface area contributed by atoms with E-state index in [-0.39, 0.29) is 17.6 Å². The predicted molar refractivity (Wildman–Crippen MR) is 56.9 cm³/mol. The van der Waals surface area contributed by atoms with Gasteiger partial charge < -0.3 is 20.4 Å². The minimum Gasteiger partial charge on any atom is -0.481 e. The fraction of sp³-hybridized carbons (Fsp3) is 0.273. The van der Waals surface area contributed by atoms with E-state index >= 15 is 0 Å². The van der Waals surface area contributed by atoms with E-state index in [4.69, 9.17) is 20.4 Å². The van der Waals surface area contributed by atoms with Crippen LogP contribution in [-0.4, -0.2) is 38.7 Å². The molecule has 0 amide bonds. The van der Waals surface area contributed by atoms with Crippen molar-refractivity contribution in [3.05, 3.63) is 35.5 Å². The molecule has 0 bridgehead atoms. The largest absolute Gasteiger partial charge is 0.481 e. The van der Waals surface area contributed by atoms with Crippen LogP contribution < -0.4 is 0 Å². The maximum Gasteiger partial charge on any atom is 0.335 e. The van der Waals surface area contributed by atoms with Crippen molar-refractivity contribution in [2.45, 2.75) is 12.7 Å². The van der Waals surface area contributed by atoms with Gasteiger partial charge in [0, 0.05) is 6.42 Å². The third-order valence-corrected chi connectivity index (χ3v) is 2.23. The lowest BCUT2D eigenvalue weighted by molar-refractivity contribution is -0.139. The summed E-state index contributed by atoms with van der Waals surface area (Å²) in [6, 6.07) is 0. The first-order valence-corrected chi connectivity index (χ1v) is 4.84. The second-order valence-corrected chi connectivity index (χ2v) is 3.50. The Balaban J connectivity index is 3.00. The quantitative estimate of drug-likeness (QED) is 0.510. The van der Waals surface area contributed by atoms with Gasteiger partial charge in [0.2, 0.25) is 0 Å². The molecule has 6 nitrogen and oxygen atoms in total. The highest BCUT2D eigenvalue weighted by Crippen LogP contribution is 2.23. The highest BCUT2D eigenvalue weighted by Gasteiger charge is 2.23. The van der Waals surface area contributed by atoms with E-state index in [2.05, 4.69) is 0 Å². The summed E-state index contributed by atoms with van der Waals surface area (Å²) in [5.41, 5.74) is 0.187. The molecule has 0 spiro atoms. The zero-order valence-corrected chi connectivity index (χ0v) is 8.78. The molecule has 1 unspecified atom stereocenters. The molecule has 0 saturated heterocycles. The van der Waals surface area contributed by atoms with Crippen LogP contribution in [-0.2, 0) is 9.59 Å². The van der Waals surface area contributed by atoms with Crippen molar-refractivity contribution in [1.82, 2.24) is 0 Å². The Bertz CT molecular complexity index is 416. The molecule has 0 aromatic rings. The van der Waals surface area contributed by atoms with E-state index in [1.165, 1.54) is 24.3 Å². The molecule has 0 aliphatic heterocycles. The molecule has 17 heavy (non-hydrogen) atoms. The van der Waals surface area contributed by atoms with Gasteiger partial charge in [0.05, 0.1) is 11.5 Å². The summed E-state index contributed by atoms with van der Waals surface area (Å²) in [7, 11) is 0. The fourth-order valence-electron chi connectivity index (χ4n) is 1.41. The first-order valence-electron chi connectivity index (χ1n) is 4.84. The molecule has 4 N–H and O–H groups in total. The average Bonchev–Trinajstić information content (AvgIpc) is 2.25. The number of carbonyl (C=O) groups is 2. The van der Waals surface area contributed by atoms with Crippen molar-refractivity contribution in [1.29, 1.82) is 0 Å². The fourth-order valence-corrected chi connectivity index (χ4v) is 1.41. The van der Waals surface area contributed by atoms with E-state index in [9.17, 15) is 9.59 Å². The van der Waals surface area contributed by atoms with Crippen LogP contribution in [0.15, 0.2) is 35.5 Å². The molecule has 0 aromatic carbocycles. The summed E-state index contributed by atoms with van der Waals surface area (Å²) >= 11 is 0. The second kappa shape index (κ2) is 5.42. The van der Waals surface area contributed by atoms with Crippen molar-refractivity contribution >= 4 is 11.9 Å². The summed E-state index contributed by atoms with van der Waals surface area (Å²) in [6.07, 6.45) is 3.23. The van der Waals surface area contributed by atoms with E-state index in [1.54, 1.807) is 0 Å². The molecule has 1 rings (SSSR count). The number of carboxylic acid groups (broad SMARTS) is 2. The highest BCUT2D eigenvalue weighted by molar-refractivity contribution is 5.92. The van der Waals surface area contributed by atoms with Crippen molar-refractivity contribution in [3.63, 3.8) is 0 Å². The standard InChI is InChI=1S/C11H12O6/c12-9(13)4-2-6-5-7(10(14)15)1-3-8(6)11(16)17/h1-3,5,8-9,12-13H,4H2,(H,14,15)(H,16,17). The van der Waals surface area contributed by atoms with Gasteiger partial charge in [0.1, 0.15) is 0 Å². The smallest absolute Gasteiger partial charge is 0.335 e. The maximum absolute atomic E-state index is 10.9. The number of hydrogen-bond acceptors (Lipinski definition) is 4. The van der Waals surface area contributed by atoms with Crippen molar-refractivity contribution in [3.8, 4) is 0 Å². The zero-order chi connectivity index (χ0) is 13.0. The van der Waals surface area contributed by atoms with Gasteiger partial charge in [-0.1, -0.05) is 18.2 Å². The molecule has 0 aromatic heterocycles. The van der Waals surface area contributed by atoms with Gasteiger partial charge in [-0.05, 0) is 11.6 Å². The zero-order valence-electron chi connectivity index (χ0n) is 8.78. The summed E-state index contributed by atoms with van der Waals surface area (Å²) < 4.78 is 0. The Labute approximate surface area is 96.8 Å². The van der Waals surface area contributed by atoms with E-state index in [1.807, 2.05) is 0 Å². The molecule has 0 saturated carbocycles. The molecule has 1 atom stereocenters. The Morgan fingerprint density at radius 1 is 1.35 bits per heavy atom. The third kappa shape index (κ3) is 3.54. The van der Waals surface area contributed by atoms with Crippen LogP contribution in [0.5, 0.6) is 0 Å². The van der Waals surface area contributed by atoms with Gasteiger partial charge in [0.25, 0.3) is 0 Å². The van der Waals surface area contributed by atoms with Gasteiger partial charge in [-0.2, -0.15) is 0 Å². The summed E-state index contributed by atoms with van der Waals surface area (Å²) in [4.78, 5) is 21.6.